The monoisotopic (exact) mass is 711 g/mol. The van der Waals surface area contributed by atoms with Gasteiger partial charge in [-0.05, 0) is 50.9 Å². The second-order valence-corrected chi connectivity index (χ2v) is 16.5. The molecule has 4 aliphatic carbocycles. The van der Waals surface area contributed by atoms with Gasteiger partial charge in [0, 0.05) is 18.0 Å². The summed E-state index contributed by atoms with van der Waals surface area (Å²) in [4.78, 5) is 11.9. The van der Waals surface area contributed by atoms with Crippen LogP contribution in [0.3, 0.4) is 0 Å². The van der Waals surface area contributed by atoms with Crippen LogP contribution in [0.15, 0.2) is 10.2 Å². The Morgan fingerprint density at radius 3 is 2.15 bits per heavy atom. The predicted molar refractivity (Wildman–Crippen MR) is 165 cm³/mol. The first-order valence-electron chi connectivity index (χ1n) is 16.4. The minimum atomic E-state index is -4.79. The molecular formula is C26H49N9O10S2. The van der Waals surface area contributed by atoms with E-state index in [1.807, 2.05) is 0 Å². The van der Waals surface area contributed by atoms with Crippen molar-refractivity contribution in [3.8, 4) is 0 Å². The van der Waals surface area contributed by atoms with Gasteiger partial charge in [0.05, 0.1) is 29.4 Å². The highest BCUT2D eigenvalue weighted by molar-refractivity contribution is 7.87. The first-order valence-corrected chi connectivity index (χ1v) is 19.3. The Kier molecular flexibility index (Phi) is 12.2. The van der Waals surface area contributed by atoms with Crippen LogP contribution in [0.4, 0.5) is 0 Å². The van der Waals surface area contributed by atoms with Crippen LogP contribution in [0.1, 0.15) is 77.0 Å². The molecule has 0 aromatic carbocycles. The molecule has 5 rings (SSSR count). The highest BCUT2D eigenvalue weighted by atomic mass is 32.2. The smallest absolute Gasteiger partial charge is 0.333 e. The van der Waals surface area contributed by atoms with Gasteiger partial charge < -0.3 is 15.3 Å². The van der Waals surface area contributed by atoms with E-state index in [4.69, 9.17) is 5.90 Å². The number of carbonyl (C=O) groups is 1. The number of carboxylic acids is 1. The summed E-state index contributed by atoms with van der Waals surface area (Å²) in [7, 11) is -9.04. The normalized spacial score (nSPS) is 41.0. The second-order valence-electron chi connectivity index (χ2n) is 13.5. The van der Waals surface area contributed by atoms with Crippen LogP contribution in [0.25, 0.3) is 0 Å². The molecular weight excluding hydrogens is 662 g/mol. The molecule has 1 saturated heterocycles. The molecule has 47 heavy (non-hydrogen) atoms. The van der Waals surface area contributed by atoms with Gasteiger partial charge in [-0.15, -0.1) is 0 Å². The van der Waals surface area contributed by atoms with Gasteiger partial charge in [-0.1, -0.05) is 32.1 Å². The van der Waals surface area contributed by atoms with E-state index in [-0.39, 0.29) is 25.3 Å². The largest absolute Gasteiger partial charge is 0.481 e. The van der Waals surface area contributed by atoms with Crippen LogP contribution in [0.5, 0.6) is 0 Å². The van der Waals surface area contributed by atoms with Crippen LogP contribution in [-0.2, 0) is 29.5 Å². The number of hydrogen-bond acceptors (Lipinski definition) is 16. The number of rotatable bonds is 11. The summed E-state index contributed by atoms with van der Waals surface area (Å²) >= 11 is 0. The number of azo groups is 1. The van der Waals surface area contributed by atoms with Crippen molar-refractivity contribution < 1.29 is 45.8 Å². The maximum atomic E-state index is 12.8. The summed E-state index contributed by atoms with van der Waals surface area (Å²) in [5.74, 6) is 2.01. The standard InChI is InChI=1S/C26H49N9O10S2/c27-45-46(40,41)15-10-13-11-19(35-47(42,43)44)21(34-33-17-9-5-4-8-16(17)23(37)38)22(36)20(13)18(12-15)29-25-30-24(31-26(39)32-25)28-14-6-2-1-3-7-14/h13-22,24-26,28-32,35-36,39H,1-12,27H2,(H,37,38)(H,42,43,44). The molecule has 21 heteroatoms. The number of aliphatic carboxylic acids is 1. The van der Waals surface area contributed by atoms with Gasteiger partial charge in [-0.3, -0.25) is 35.9 Å². The summed E-state index contributed by atoms with van der Waals surface area (Å²) in [5.41, 5.74) is 0. The Morgan fingerprint density at radius 1 is 0.830 bits per heavy atom. The number of nitrogens with zero attached hydrogens (tertiary/aromatic N) is 2. The van der Waals surface area contributed by atoms with Gasteiger partial charge in [-0.25, -0.2) is 0 Å². The van der Waals surface area contributed by atoms with Gasteiger partial charge >= 0.3 is 16.3 Å². The second kappa shape index (κ2) is 15.6. The average Bonchev–Trinajstić information content (AvgIpc) is 3.00. The Bertz CT molecular complexity index is 1320. The molecule has 0 aromatic heterocycles. The van der Waals surface area contributed by atoms with Gasteiger partial charge in [-0.2, -0.15) is 42.0 Å². The third kappa shape index (κ3) is 9.41. The SMILES string of the molecule is NOS(=O)(=O)C1CC2CC(NS(=O)(=O)O)C(N=NC3CCCCC3C(=O)O)C(O)C2C(NC2NC(O)NC(NC3CCCCC3)N2)C1. The number of nitrogens with one attached hydrogen (secondary N) is 6. The fourth-order valence-corrected chi connectivity index (χ4v) is 9.95. The molecule has 4 saturated carbocycles. The zero-order valence-corrected chi connectivity index (χ0v) is 27.7. The number of fused-ring (bicyclic) bond motifs is 1. The molecule has 0 bridgehead atoms. The van der Waals surface area contributed by atoms with Crippen LogP contribution in [0.2, 0.25) is 0 Å². The Balaban J connectivity index is 1.40. The number of carboxylic acid groups (broad SMARTS) is 1. The predicted octanol–water partition coefficient (Wildman–Crippen LogP) is -1.90. The fraction of sp³-hybridized carbons (Fsp3) is 0.962. The quantitative estimate of drug-likeness (QED) is 0.0633. The number of aliphatic hydroxyl groups excluding tert-OH is 2. The van der Waals surface area contributed by atoms with E-state index in [2.05, 4.69) is 45.8 Å². The van der Waals surface area contributed by atoms with Crippen molar-refractivity contribution in [2.75, 3.05) is 0 Å². The van der Waals surface area contributed by atoms with Crippen LogP contribution < -0.4 is 37.2 Å². The van der Waals surface area contributed by atoms with Gasteiger partial charge in [0.2, 0.25) is 0 Å². The fourth-order valence-electron chi connectivity index (χ4n) is 8.25. The van der Waals surface area contributed by atoms with Gasteiger partial charge in [0.25, 0.3) is 10.1 Å². The molecule has 12 atom stereocenters. The van der Waals surface area contributed by atoms with Crippen molar-refractivity contribution in [2.45, 2.75) is 138 Å². The maximum Gasteiger partial charge on any atom is 0.333 e. The summed E-state index contributed by atoms with van der Waals surface area (Å²) in [6.07, 6.45) is 3.75. The maximum absolute atomic E-state index is 12.8. The van der Waals surface area contributed by atoms with Crippen molar-refractivity contribution in [1.82, 2.24) is 31.3 Å². The molecule has 12 unspecified atom stereocenters. The number of aliphatic hydroxyl groups is 2. The van der Waals surface area contributed by atoms with Crippen molar-refractivity contribution in [2.24, 2.45) is 33.9 Å². The molecule has 1 heterocycles. The van der Waals surface area contributed by atoms with Crippen molar-refractivity contribution in [3.05, 3.63) is 0 Å². The third-order valence-corrected chi connectivity index (χ3v) is 12.5. The Hall–Kier alpha value is -1.47. The topological polar surface area (TPSA) is 298 Å². The Morgan fingerprint density at radius 2 is 1.49 bits per heavy atom. The van der Waals surface area contributed by atoms with E-state index in [1.54, 1.807) is 0 Å². The van der Waals surface area contributed by atoms with E-state index in [0.29, 0.717) is 12.8 Å². The number of nitrogens with two attached hydrogens (primary N) is 1. The van der Waals surface area contributed by atoms with Crippen LogP contribution in [0, 0.1) is 17.8 Å². The van der Waals surface area contributed by atoms with E-state index in [1.165, 1.54) is 6.42 Å². The van der Waals surface area contributed by atoms with E-state index in [9.17, 15) is 41.5 Å². The van der Waals surface area contributed by atoms with Gasteiger partial charge in [0.1, 0.15) is 18.6 Å². The summed E-state index contributed by atoms with van der Waals surface area (Å²) in [5, 5.41) is 55.5. The molecule has 19 nitrogen and oxygen atoms in total. The van der Waals surface area contributed by atoms with E-state index < -0.39 is 98.6 Å². The molecule has 5 aliphatic rings. The lowest BCUT2D eigenvalue weighted by atomic mass is 9.64. The van der Waals surface area contributed by atoms with E-state index in [0.717, 1.165) is 38.5 Å². The van der Waals surface area contributed by atoms with Crippen molar-refractivity contribution in [3.63, 3.8) is 0 Å². The lowest BCUT2D eigenvalue weighted by molar-refractivity contribution is -0.143. The van der Waals surface area contributed by atoms with Crippen molar-refractivity contribution >= 4 is 26.4 Å². The highest BCUT2D eigenvalue weighted by Crippen LogP contribution is 2.44. The molecule has 0 aromatic rings. The first-order chi connectivity index (χ1) is 22.2. The van der Waals surface area contributed by atoms with Crippen molar-refractivity contribution in [1.29, 1.82) is 0 Å². The molecule has 12 N–H and O–H groups in total. The van der Waals surface area contributed by atoms with Crippen LogP contribution >= 0.6 is 0 Å². The zero-order valence-electron chi connectivity index (χ0n) is 26.0. The average molecular weight is 712 g/mol. The minimum absolute atomic E-state index is 0.0295. The van der Waals surface area contributed by atoms with Crippen LogP contribution in [-0.4, -0.2) is 103 Å². The summed E-state index contributed by atoms with van der Waals surface area (Å²) in [6, 6.07) is -3.60. The number of hydrogen-bond donors (Lipinski definition) is 11. The molecule has 0 spiro atoms. The third-order valence-electron chi connectivity index (χ3n) is 10.4. The lowest BCUT2D eigenvalue weighted by Crippen LogP contribution is -2.77. The molecule has 270 valence electrons. The molecule has 0 radical (unpaired) electrons. The summed E-state index contributed by atoms with van der Waals surface area (Å²) < 4.78 is 65.8. The molecule has 5 fully saturated rings. The van der Waals surface area contributed by atoms with Gasteiger partial charge in [0.15, 0.2) is 6.35 Å². The summed E-state index contributed by atoms with van der Waals surface area (Å²) in [6.45, 7) is 0. The highest BCUT2D eigenvalue weighted by Gasteiger charge is 2.54. The molecule has 1 aliphatic heterocycles. The minimum Gasteiger partial charge on any atom is -0.481 e. The van der Waals surface area contributed by atoms with E-state index >= 15 is 0 Å². The Labute approximate surface area is 274 Å². The first kappa shape index (κ1) is 36.8. The molecule has 0 amide bonds. The zero-order chi connectivity index (χ0) is 33.9. The lowest BCUT2D eigenvalue weighted by Gasteiger charge is -2.51.